The van der Waals surface area contributed by atoms with Gasteiger partial charge in [0.05, 0.1) is 13.2 Å². The van der Waals surface area contributed by atoms with Crippen molar-refractivity contribution in [2.24, 2.45) is 0 Å². The van der Waals surface area contributed by atoms with E-state index in [9.17, 15) is 0 Å². The standard InChI is InChI=1S/C18H28N2O/c1-14-4-3-5-16(10-14)17-11-18(12-17)19-15(2)13-20-6-8-21-9-7-20/h3-5,10,15,17-19H,6-9,11-13H2,1-2H3. The molecule has 1 saturated heterocycles. The normalized spacial score (nSPS) is 28.1. The molecule has 0 bridgehead atoms. The van der Waals surface area contributed by atoms with E-state index >= 15 is 0 Å². The molecule has 1 aromatic carbocycles. The zero-order chi connectivity index (χ0) is 14.7. The zero-order valence-electron chi connectivity index (χ0n) is 13.3. The molecule has 0 spiro atoms. The average Bonchev–Trinajstić information content (AvgIpc) is 2.43. The maximum Gasteiger partial charge on any atom is 0.0594 e. The van der Waals surface area contributed by atoms with Gasteiger partial charge in [0.2, 0.25) is 0 Å². The lowest BCUT2D eigenvalue weighted by Gasteiger charge is -2.39. The van der Waals surface area contributed by atoms with Crippen LogP contribution in [0.5, 0.6) is 0 Å². The molecule has 0 aromatic heterocycles. The summed E-state index contributed by atoms with van der Waals surface area (Å²) in [5.41, 5.74) is 2.90. The smallest absolute Gasteiger partial charge is 0.0594 e. The summed E-state index contributed by atoms with van der Waals surface area (Å²) in [7, 11) is 0. The first-order valence-electron chi connectivity index (χ1n) is 8.33. The first kappa shape index (κ1) is 15.0. The minimum atomic E-state index is 0.576. The first-order valence-corrected chi connectivity index (χ1v) is 8.33. The minimum Gasteiger partial charge on any atom is -0.379 e. The topological polar surface area (TPSA) is 24.5 Å². The number of ether oxygens (including phenoxy) is 1. The van der Waals surface area contributed by atoms with Crippen molar-refractivity contribution >= 4 is 0 Å². The Kier molecular flexibility index (Phi) is 4.94. The highest BCUT2D eigenvalue weighted by Crippen LogP contribution is 2.37. The van der Waals surface area contributed by atoms with Gasteiger partial charge in [0.1, 0.15) is 0 Å². The van der Waals surface area contributed by atoms with Crippen LogP contribution in [0.15, 0.2) is 24.3 Å². The van der Waals surface area contributed by atoms with Crippen LogP contribution >= 0.6 is 0 Å². The fourth-order valence-electron chi connectivity index (χ4n) is 3.58. The van der Waals surface area contributed by atoms with Crippen LogP contribution in [-0.2, 0) is 4.74 Å². The lowest BCUT2D eigenvalue weighted by Crippen LogP contribution is -2.50. The maximum absolute atomic E-state index is 5.41. The number of hydrogen-bond donors (Lipinski definition) is 1. The minimum absolute atomic E-state index is 0.576. The van der Waals surface area contributed by atoms with Gasteiger partial charge in [-0.1, -0.05) is 29.8 Å². The van der Waals surface area contributed by atoms with Gasteiger partial charge in [-0.15, -0.1) is 0 Å². The van der Waals surface area contributed by atoms with Crippen LogP contribution in [0.3, 0.4) is 0 Å². The van der Waals surface area contributed by atoms with Crippen LogP contribution < -0.4 is 5.32 Å². The van der Waals surface area contributed by atoms with Crippen molar-refractivity contribution in [1.82, 2.24) is 10.2 Å². The molecule has 3 rings (SSSR count). The molecule has 21 heavy (non-hydrogen) atoms. The van der Waals surface area contributed by atoms with E-state index in [-0.39, 0.29) is 0 Å². The molecule has 1 aromatic rings. The van der Waals surface area contributed by atoms with Gasteiger partial charge >= 0.3 is 0 Å². The second kappa shape index (κ2) is 6.91. The summed E-state index contributed by atoms with van der Waals surface area (Å²) in [5, 5.41) is 3.80. The molecule has 0 radical (unpaired) electrons. The molecular formula is C18H28N2O. The summed E-state index contributed by atoms with van der Waals surface area (Å²) in [5.74, 6) is 0.762. The molecule has 1 unspecified atom stereocenters. The molecule has 1 heterocycles. The fraction of sp³-hybridized carbons (Fsp3) is 0.667. The van der Waals surface area contributed by atoms with Crippen LogP contribution in [0.1, 0.15) is 36.8 Å². The Morgan fingerprint density at radius 1 is 1.29 bits per heavy atom. The molecule has 1 aliphatic carbocycles. The molecule has 2 fully saturated rings. The third-order valence-electron chi connectivity index (χ3n) is 4.81. The van der Waals surface area contributed by atoms with Gasteiger partial charge in [0.25, 0.3) is 0 Å². The van der Waals surface area contributed by atoms with E-state index in [1.165, 1.54) is 24.0 Å². The Bertz CT molecular complexity index is 450. The second-order valence-electron chi connectivity index (χ2n) is 6.76. The molecule has 0 amide bonds. The Balaban J connectivity index is 1.40. The van der Waals surface area contributed by atoms with E-state index in [0.29, 0.717) is 12.1 Å². The number of hydrogen-bond acceptors (Lipinski definition) is 3. The molecule has 2 aliphatic rings. The zero-order valence-corrected chi connectivity index (χ0v) is 13.3. The highest BCUT2D eigenvalue weighted by atomic mass is 16.5. The van der Waals surface area contributed by atoms with E-state index in [2.05, 4.69) is 48.3 Å². The number of nitrogens with one attached hydrogen (secondary N) is 1. The monoisotopic (exact) mass is 288 g/mol. The van der Waals surface area contributed by atoms with Gasteiger partial charge in [0, 0.05) is 31.7 Å². The quantitative estimate of drug-likeness (QED) is 0.901. The van der Waals surface area contributed by atoms with Crippen LogP contribution in [0.2, 0.25) is 0 Å². The average molecular weight is 288 g/mol. The highest BCUT2D eigenvalue weighted by molar-refractivity contribution is 5.27. The van der Waals surface area contributed by atoms with Gasteiger partial charge in [0.15, 0.2) is 0 Å². The highest BCUT2D eigenvalue weighted by Gasteiger charge is 2.31. The molecule has 3 heteroatoms. The molecular weight excluding hydrogens is 260 g/mol. The van der Waals surface area contributed by atoms with Crippen molar-refractivity contribution < 1.29 is 4.74 Å². The number of nitrogens with zero attached hydrogens (tertiary/aromatic N) is 1. The summed E-state index contributed by atoms with van der Waals surface area (Å²) in [4.78, 5) is 2.51. The molecule has 1 aliphatic heterocycles. The van der Waals surface area contributed by atoms with Gasteiger partial charge < -0.3 is 10.1 Å². The summed E-state index contributed by atoms with van der Waals surface area (Å²) in [6, 6.07) is 10.3. The lowest BCUT2D eigenvalue weighted by molar-refractivity contribution is 0.0330. The van der Waals surface area contributed by atoms with E-state index in [1.807, 2.05) is 0 Å². The first-order chi connectivity index (χ1) is 10.2. The van der Waals surface area contributed by atoms with Crippen LogP contribution in [0.25, 0.3) is 0 Å². The SMILES string of the molecule is Cc1cccc(C2CC(NC(C)CN3CCOCC3)C2)c1. The fourth-order valence-corrected chi connectivity index (χ4v) is 3.58. The van der Waals surface area contributed by atoms with Crippen molar-refractivity contribution in [3.63, 3.8) is 0 Å². The predicted octanol–water partition coefficient (Wildman–Crippen LogP) is 2.55. The van der Waals surface area contributed by atoms with Crippen molar-refractivity contribution in [2.75, 3.05) is 32.8 Å². The molecule has 1 saturated carbocycles. The van der Waals surface area contributed by atoms with Crippen molar-refractivity contribution in [3.8, 4) is 0 Å². The summed E-state index contributed by atoms with van der Waals surface area (Å²) in [6.45, 7) is 9.61. The summed E-state index contributed by atoms with van der Waals surface area (Å²) < 4.78 is 5.41. The Labute approximate surface area is 128 Å². The number of aryl methyl sites for hydroxylation is 1. The summed E-state index contributed by atoms with van der Waals surface area (Å²) >= 11 is 0. The van der Waals surface area contributed by atoms with Gasteiger partial charge in [-0.3, -0.25) is 4.90 Å². The van der Waals surface area contributed by atoms with E-state index in [1.54, 1.807) is 0 Å². The van der Waals surface area contributed by atoms with Gasteiger partial charge in [-0.25, -0.2) is 0 Å². The van der Waals surface area contributed by atoms with Crippen molar-refractivity contribution in [3.05, 3.63) is 35.4 Å². The van der Waals surface area contributed by atoms with Crippen molar-refractivity contribution in [1.29, 1.82) is 0 Å². The molecule has 3 nitrogen and oxygen atoms in total. The Morgan fingerprint density at radius 2 is 2.05 bits per heavy atom. The second-order valence-corrected chi connectivity index (χ2v) is 6.76. The number of rotatable bonds is 5. The lowest BCUT2D eigenvalue weighted by atomic mass is 9.75. The van der Waals surface area contributed by atoms with E-state index in [4.69, 9.17) is 4.74 Å². The third kappa shape index (κ3) is 4.06. The van der Waals surface area contributed by atoms with Gasteiger partial charge in [-0.05, 0) is 38.2 Å². The van der Waals surface area contributed by atoms with Crippen LogP contribution in [0, 0.1) is 6.92 Å². The number of morpholine rings is 1. The molecule has 1 atom stereocenters. The summed E-state index contributed by atoms with van der Waals surface area (Å²) in [6.07, 6.45) is 2.58. The van der Waals surface area contributed by atoms with Crippen LogP contribution in [-0.4, -0.2) is 49.8 Å². The molecule has 116 valence electrons. The molecule has 1 N–H and O–H groups in total. The number of benzene rings is 1. The van der Waals surface area contributed by atoms with Gasteiger partial charge in [-0.2, -0.15) is 0 Å². The Hall–Kier alpha value is -0.900. The van der Waals surface area contributed by atoms with Crippen LogP contribution in [0.4, 0.5) is 0 Å². The Morgan fingerprint density at radius 3 is 2.76 bits per heavy atom. The van der Waals surface area contributed by atoms with Crippen molar-refractivity contribution in [2.45, 2.75) is 44.7 Å². The largest absolute Gasteiger partial charge is 0.379 e. The van der Waals surface area contributed by atoms with E-state index < -0.39 is 0 Å². The van der Waals surface area contributed by atoms with E-state index in [0.717, 1.165) is 38.8 Å². The third-order valence-corrected chi connectivity index (χ3v) is 4.81. The maximum atomic E-state index is 5.41. The predicted molar refractivity (Wildman–Crippen MR) is 86.8 cm³/mol.